The van der Waals surface area contributed by atoms with Gasteiger partial charge in [0.15, 0.2) is 5.78 Å². The number of hydrogen-bond donors (Lipinski definition) is 2. The summed E-state index contributed by atoms with van der Waals surface area (Å²) in [6.07, 6.45) is 3.55. The van der Waals surface area contributed by atoms with Crippen LogP contribution in [0.5, 0.6) is 0 Å². The molecule has 0 aromatic heterocycles. The van der Waals surface area contributed by atoms with Crippen molar-refractivity contribution >= 4 is 29.8 Å². The largest absolute Gasteiger partial charge is 0.327 e. The molecule has 5 nitrogen and oxygen atoms in total. The van der Waals surface area contributed by atoms with Gasteiger partial charge in [-0.2, -0.15) is 0 Å². The molecule has 2 aliphatic rings. The summed E-state index contributed by atoms with van der Waals surface area (Å²) < 4.78 is 0. The Balaban J connectivity index is 0.00000208. The number of fused-ring (bicyclic) bond motifs is 1. The van der Waals surface area contributed by atoms with Crippen LogP contribution >= 0.6 is 12.4 Å². The first-order valence-electron chi connectivity index (χ1n) is 8.41. The minimum Gasteiger partial charge on any atom is -0.327 e. The maximum atomic E-state index is 12.3. The van der Waals surface area contributed by atoms with Gasteiger partial charge >= 0.3 is 0 Å². The summed E-state index contributed by atoms with van der Waals surface area (Å²) >= 11 is 0. The molecular weight excluding hydrogens is 326 g/mol. The van der Waals surface area contributed by atoms with E-state index in [1.54, 1.807) is 18.2 Å². The van der Waals surface area contributed by atoms with E-state index in [1.165, 1.54) is 19.8 Å². The Kier molecular flexibility index (Phi) is 6.38. The number of nitrogens with two attached hydrogens (primary N) is 1. The summed E-state index contributed by atoms with van der Waals surface area (Å²) in [5, 5.41) is 2.89. The van der Waals surface area contributed by atoms with Gasteiger partial charge in [-0.05, 0) is 43.7 Å². The lowest BCUT2D eigenvalue weighted by Gasteiger charge is -2.29. The van der Waals surface area contributed by atoms with Crippen LogP contribution in [0.15, 0.2) is 24.3 Å². The van der Waals surface area contributed by atoms with E-state index < -0.39 is 0 Å². The van der Waals surface area contributed by atoms with Crippen molar-refractivity contribution in [1.29, 1.82) is 0 Å². The van der Waals surface area contributed by atoms with Crippen molar-refractivity contribution in [3.63, 3.8) is 0 Å². The Bertz CT molecular complexity index is 608. The van der Waals surface area contributed by atoms with E-state index in [0.29, 0.717) is 29.6 Å². The third-order valence-corrected chi connectivity index (χ3v) is 5.15. The predicted molar refractivity (Wildman–Crippen MR) is 97.6 cm³/mol. The number of ketones is 1. The second-order valence-corrected chi connectivity index (χ2v) is 6.90. The number of nitrogens with zero attached hydrogens (tertiary/aromatic N) is 1. The van der Waals surface area contributed by atoms with Gasteiger partial charge in [0, 0.05) is 30.4 Å². The fourth-order valence-electron chi connectivity index (χ4n) is 3.96. The van der Waals surface area contributed by atoms with Gasteiger partial charge < -0.3 is 11.1 Å². The number of likely N-dealkylation sites (tertiary alicyclic amines) is 1. The predicted octanol–water partition coefficient (Wildman–Crippen LogP) is 2.31. The number of hydrogen-bond acceptors (Lipinski definition) is 4. The van der Waals surface area contributed by atoms with Crippen LogP contribution in [0.25, 0.3) is 0 Å². The molecule has 1 amide bonds. The van der Waals surface area contributed by atoms with Gasteiger partial charge in [-0.3, -0.25) is 14.5 Å². The van der Waals surface area contributed by atoms with E-state index in [9.17, 15) is 9.59 Å². The third-order valence-electron chi connectivity index (χ3n) is 5.15. The monoisotopic (exact) mass is 351 g/mol. The van der Waals surface area contributed by atoms with E-state index in [-0.39, 0.29) is 30.1 Å². The summed E-state index contributed by atoms with van der Waals surface area (Å²) in [5.74, 6) is 1.15. The topological polar surface area (TPSA) is 75.4 Å². The van der Waals surface area contributed by atoms with Crippen molar-refractivity contribution in [1.82, 2.24) is 4.90 Å². The molecule has 1 aromatic rings. The van der Waals surface area contributed by atoms with Crippen molar-refractivity contribution in [3.05, 3.63) is 29.8 Å². The summed E-state index contributed by atoms with van der Waals surface area (Å²) in [7, 11) is 0. The van der Waals surface area contributed by atoms with Crippen LogP contribution in [0, 0.1) is 11.8 Å². The number of carbonyl (C=O) groups excluding carboxylic acids is 2. The van der Waals surface area contributed by atoms with Crippen molar-refractivity contribution in [3.8, 4) is 0 Å². The van der Waals surface area contributed by atoms with Crippen molar-refractivity contribution < 1.29 is 9.59 Å². The molecule has 2 fully saturated rings. The van der Waals surface area contributed by atoms with Crippen molar-refractivity contribution in [2.75, 3.05) is 25.0 Å². The average Bonchev–Trinajstić information content (AvgIpc) is 2.91. The van der Waals surface area contributed by atoms with Gasteiger partial charge in [-0.15, -0.1) is 12.4 Å². The molecule has 3 rings (SSSR count). The summed E-state index contributed by atoms with van der Waals surface area (Å²) in [6.45, 7) is 3.81. The number of nitrogens with one attached hydrogen (secondary N) is 1. The molecule has 0 radical (unpaired) electrons. The van der Waals surface area contributed by atoms with Gasteiger partial charge in [0.05, 0.1) is 6.54 Å². The minimum absolute atomic E-state index is 0. The average molecular weight is 352 g/mol. The van der Waals surface area contributed by atoms with Crippen LogP contribution in [0.2, 0.25) is 0 Å². The van der Waals surface area contributed by atoms with Crippen LogP contribution in [0.3, 0.4) is 0 Å². The van der Waals surface area contributed by atoms with Crippen LogP contribution < -0.4 is 11.1 Å². The Morgan fingerprint density at radius 1 is 1.29 bits per heavy atom. The van der Waals surface area contributed by atoms with Crippen LogP contribution in [0.4, 0.5) is 5.69 Å². The van der Waals surface area contributed by atoms with E-state index in [4.69, 9.17) is 5.73 Å². The molecule has 1 saturated carbocycles. The Morgan fingerprint density at radius 2 is 2.08 bits per heavy atom. The van der Waals surface area contributed by atoms with Gasteiger partial charge in [0.25, 0.3) is 0 Å². The summed E-state index contributed by atoms with van der Waals surface area (Å²) in [4.78, 5) is 25.9. The maximum absolute atomic E-state index is 12.3. The highest BCUT2D eigenvalue weighted by atomic mass is 35.5. The van der Waals surface area contributed by atoms with Gasteiger partial charge in [-0.25, -0.2) is 0 Å². The molecule has 24 heavy (non-hydrogen) atoms. The van der Waals surface area contributed by atoms with Gasteiger partial charge in [0.2, 0.25) is 5.91 Å². The highest BCUT2D eigenvalue weighted by Gasteiger charge is 2.38. The highest BCUT2D eigenvalue weighted by Crippen LogP contribution is 2.35. The lowest BCUT2D eigenvalue weighted by atomic mass is 9.78. The number of anilines is 1. The summed E-state index contributed by atoms with van der Waals surface area (Å²) in [6, 6.07) is 7.36. The third kappa shape index (κ3) is 4.35. The lowest BCUT2D eigenvalue weighted by molar-refractivity contribution is -0.117. The van der Waals surface area contributed by atoms with Crippen LogP contribution in [-0.4, -0.2) is 42.3 Å². The second kappa shape index (κ2) is 8.10. The van der Waals surface area contributed by atoms with Crippen molar-refractivity contribution in [2.45, 2.75) is 32.2 Å². The number of Topliss-reactive ketones (excluding diaryl/α,β-unsaturated/α-hetero) is 1. The van der Waals surface area contributed by atoms with Gasteiger partial charge in [0.1, 0.15) is 0 Å². The van der Waals surface area contributed by atoms with E-state index in [1.807, 2.05) is 6.07 Å². The molecule has 0 bridgehead atoms. The quantitative estimate of drug-likeness (QED) is 0.816. The number of amides is 1. The van der Waals surface area contributed by atoms with E-state index in [2.05, 4.69) is 10.2 Å². The fourth-order valence-corrected chi connectivity index (χ4v) is 3.96. The number of benzene rings is 1. The van der Waals surface area contributed by atoms with E-state index in [0.717, 1.165) is 19.5 Å². The minimum atomic E-state index is -0.0297. The summed E-state index contributed by atoms with van der Waals surface area (Å²) in [5.41, 5.74) is 7.51. The standard InChI is InChI=1S/C18H25N3O2.ClH/c1-12(22)13-4-2-6-15(8-13)20-18(23)11-21-9-14-5-3-7-17(19)16(14)10-21;/h2,4,6,8,14,16-17H,3,5,7,9-11,19H2,1H3,(H,20,23);1H. The lowest BCUT2D eigenvalue weighted by Crippen LogP contribution is -2.38. The SMILES string of the molecule is CC(=O)c1cccc(NC(=O)CN2CC3CCCC(N)C3C2)c1.Cl. The Hall–Kier alpha value is -1.43. The zero-order valence-corrected chi connectivity index (χ0v) is 14.8. The Morgan fingerprint density at radius 3 is 2.79 bits per heavy atom. The number of carbonyl (C=O) groups is 2. The molecule has 1 heterocycles. The smallest absolute Gasteiger partial charge is 0.238 e. The molecule has 1 saturated heterocycles. The molecule has 1 aromatic carbocycles. The number of halogens is 1. The molecular formula is C18H26ClN3O2. The normalized spacial score (nSPS) is 26.3. The van der Waals surface area contributed by atoms with Gasteiger partial charge in [-0.1, -0.05) is 18.6 Å². The molecule has 132 valence electrons. The first kappa shape index (κ1) is 18.9. The Labute approximate surface area is 149 Å². The first-order valence-corrected chi connectivity index (χ1v) is 8.41. The zero-order valence-electron chi connectivity index (χ0n) is 14.0. The first-order chi connectivity index (χ1) is 11.0. The molecule has 0 spiro atoms. The molecule has 3 N–H and O–H groups in total. The highest BCUT2D eigenvalue weighted by molar-refractivity contribution is 5.97. The van der Waals surface area contributed by atoms with Crippen molar-refractivity contribution in [2.24, 2.45) is 17.6 Å². The molecule has 3 atom stereocenters. The second-order valence-electron chi connectivity index (χ2n) is 6.90. The van der Waals surface area contributed by atoms with Crippen LogP contribution in [-0.2, 0) is 4.79 Å². The maximum Gasteiger partial charge on any atom is 0.238 e. The molecule has 6 heteroatoms. The zero-order chi connectivity index (χ0) is 16.4. The fraction of sp³-hybridized carbons (Fsp3) is 0.556. The van der Waals surface area contributed by atoms with Crippen LogP contribution in [0.1, 0.15) is 36.5 Å². The molecule has 1 aliphatic carbocycles. The van der Waals surface area contributed by atoms with E-state index >= 15 is 0 Å². The number of rotatable bonds is 4. The molecule has 3 unspecified atom stereocenters. The molecule has 1 aliphatic heterocycles.